The lowest BCUT2D eigenvalue weighted by Gasteiger charge is -2.30. The Balaban J connectivity index is 2.04. The van der Waals surface area contributed by atoms with Crippen molar-refractivity contribution in [2.24, 2.45) is 5.92 Å². The van der Waals surface area contributed by atoms with Gasteiger partial charge in [-0.3, -0.25) is 4.79 Å². The molecule has 2 N–H and O–H groups in total. The number of benzene rings is 1. The second-order valence-corrected chi connectivity index (χ2v) is 7.41. The Kier molecular flexibility index (Phi) is 5.90. The smallest absolute Gasteiger partial charge is 0.340 e. The molecule has 1 saturated carbocycles. The molecule has 2 rings (SSSR count). The maximum absolute atomic E-state index is 12.1. The molecule has 7 heteroatoms. The molecule has 0 heterocycles. The van der Waals surface area contributed by atoms with Gasteiger partial charge >= 0.3 is 17.9 Å². The fourth-order valence-corrected chi connectivity index (χ4v) is 3.01. The average molecular weight is 364 g/mol. The number of aromatic carboxylic acids is 2. The summed E-state index contributed by atoms with van der Waals surface area (Å²) < 4.78 is 11.2. The minimum atomic E-state index is -1.35. The fourth-order valence-electron chi connectivity index (χ4n) is 3.01. The summed E-state index contributed by atoms with van der Waals surface area (Å²) >= 11 is 0. The third-order valence-corrected chi connectivity index (χ3v) is 4.18. The van der Waals surface area contributed by atoms with Crippen molar-refractivity contribution < 1.29 is 34.1 Å². The van der Waals surface area contributed by atoms with Crippen molar-refractivity contribution in [2.75, 3.05) is 0 Å². The summed E-state index contributed by atoms with van der Waals surface area (Å²) in [5.74, 6) is -3.05. The van der Waals surface area contributed by atoms with E-state index in [1.807, 2.05) is 20.8 Å². The first kappa shape index (κ1) is 19.8. The van der Waals surface area contributed by atoms with E-state index in [-0.39, 0.29) is 34.9 Å². The molecule has 1 fully saturated rings. The second kappa shape index (κ2) is 7.76. The van der Waals surface area contributed by atoms with E-state index in [1.165, 1.54) is 18.2 Å². The molecular weight excluding hydrogens is 340 g/mol. The molecule has 0 aliphatic heterocycles. The van der Waals surface area contributed by atoms with E-state index in [0.29, 0.717) is 25.7 Å². The highest BCUT2D eigenvalue weighted by molar-refractivity contribution is 6.03. The van der Waals surface area contributed by atoms with Gasteiger partial charge in [-0.05, 0) is 58.6 Å². The molecule has 0 bridgehead atoms. The van der Waals surface area contributed by atoms with Crippen LogP contribution in [0.2, 0.25) is 0 Å². The first-order chi connectivity index (χ1) is 12.1. The highest BCUT2D eigenvalue weighted by atomic mass is 16.6. The zero-order valence-corrected chi connectivity index (χ0v) is 15.2. The van der Waals surface area contributed by atoms with E-state index < -0.39 is 17.5 Å². The van der Waals surface area contributed by atoms with Gasteiger partial charge in [0.15, 0.2) is 0 Å². The Morgan fingerprint density at radius 2 is 1.62 bits per heavy atom. The van der Waals surface area contributed by atoms with Crippen LogP contribution in [0.1, 0.15) is 67.2 Å². The van der Waals surface area contributed by atoms with Crippen molar-refractivity contribution in [3.63, 3.8) is 0 Å². The van der Waals surface area contributed by atoms with E-state index in [4.69, 9.17) is 14.6 Å². The maximum atomic E-state index is 12.1. The quantitative estimate of drug-likeness (QED) is 0.771. The number of hydrogen-bond donors (Lipinski definition) is 2. The standard InChI is InChI=1S/C19H24O7/c1-19(2,3)26-18(24)11-7-9-12(10-8-11)25-14-6-4-5-13(16(20)21)15(14)17(22)23/h4-6,11-12H,7-10H2,1-3H3,(H,20,21)(H,22,23). The predicted octanol–water partition coefficient (Wildman–Crippen LogP) is 3.36. The van der Waals surface area contributed by atoms with Crippen molar-refractivity contribution in [3.8, 4) is 5.75 Å². The number of carbonyl (C=O) groups excluding carboxylic acids is 1. The topological polar surface area (TPSA) is 110 Å². The summed E-state index contributed by atoms with van der Waals surface area (Å²) in [5.41, 5.74) is -1.19. The molecule has 7 nitrogen and oxygen atoms in total. The van der Waals surface area contributed by atoms with Gasteiger partial charge in [0.25, 0.3) is 0 Å². The van der Waals surface area contributed by atoms with E-state index in [0.717, 1.165) is 0 Å². The summed E-state index contributed by atoms with van der Waals surface area (Å²) in [7, 11) is 0. The van der Waals surface area contributed by atoms with Gasteiger partial charge in [0.05, 0.1) is 17.6 Å². The second-order valence-electron chi connectivity index (χ2n) is 7.41. The third-order valence-electron chi connectivity index (χ3n) is 4.18. The van der Waals surface area contributed by atoms with Gasteiger partial charge < -0.3 is 19.7 Å². The Labute approximate surface area is 151 Å². The number of carboxylic acids is 2. The zero-order chi connectivity index (χ0) is 19.5. The van der Waals surface area contributed by atoms with Gasteiger partial charge in [-0.2, -0.15) is 0 Å². The van der Waals surface area contributed by atoms with Crippen LogP contribution in [0, 0.1) is 5.92 Å². The van der Waals surface area contributed by atoms with Crippen LogP contribution in [0.25, 0.3) is 0 Å². The van der Waals surface area contributed by atoms with Gasteiger partial charge in [-0.15, -0.1) is 0 Å². The number of carboxylic acid groups (broad SMARTS) is 2. The Morgan fingerprint density at radius 1 is 1.00 bits per heavy atom. The van der Waals surface area contributed by atoms with Crippen LogP contribution >= 0.6 is 0 Å². The highest BCUT2D eigenvalue weighted by Crippen LogP contribution is 2.31. The predicted molar refractivity (Wildman–Crippen MR) is 92.6 cm³/mol. The normalized spacial score (nSPS) is 20.3. The number of carbonyl (C=O) groups is 3. The average Bonchev–Trinajstić information content (AvgIpc) is 2.53. The molecule has 0 saturated heterocycles. The van der Waals surface area contributed by atoms with Crippen molar-refractivity contribution in [2.45, 2.75) is 58.2 Å². The van der Waals surface area contributed by atoms with Crippen molar-refractivity contribution >= 4 is 17.9 Å². The van der Waals surface area contributed by atoms with Gasteiger partial charge in [0.1, 0.15) is 16.9 Å². The van der Waals surface area contributed by atoms with Crippen molar-refractivity contribution in [1.82, 2.24) is 0 Å². The molecule has 0 radical (unpaired) electrons. The maximum Gasteiger partial charge on any atom is 0.340 e. The Hall–Kier alpha value is -2.57. The van der Waals surface area contributed by atoms with Crippen LogP contribution in [0.3, 0.4) is 0 Å². The molecule has 0 amide bonds. The number of rotatable bonds is 5. The number of hydrogen-bond acceptors (Lipinski definition) is 5. The van der Waals surface area contributed by atoms with Crippen molar-refractivity contribution in [3.05, 3.63) is 29.3 Å². The Bertz CT molecular complexity index is 694. The monoisotopic (exact) mass is 364 g/mol. The van der Waals surface area contributed by atoms with Crippen LogP contribution in [0.4, 0.5) is 0 Å². The molecule has 1 aromatic rings. The van der Waals surface area contributed by atoms with Crippen LogP contribution in [-0.4, -0.2) is 39.8 Å². The number of ether oxygens (including phenoxy) is 2. The molecular formula is C19H24O7. The number of esters is 1. The largest absolute Gasteiger partial charge is 0.490 e. The van der Waals surface area contributed by atoms with E-state index in [9.17, 15) is 19.5 Å². The minimum Gasteiger partial charge on any atom is -0.490 e. The van der Waals surface area contributed by atoms with Gasteiger partial charge in [-0.1, -0.05) is 6.07 Å². The summed E-state index contributed by atoms with van der Waals surface area (Å²) in [6.45, 7) is 5.47. The van der Waals surface area contributed by atoms with E-state index in [2.05, 4.69) is 0 Å². The summed E-state index contributed by atoms with van der Waals surface area (Å²) in [4.78, 5) is 34.8. The summed E-state index contributed by atoms with van der Waals surface area (Å²) in [5, 5.41) is 18.5. The van der Waals surface area contributed by atoms with Crippen LogP contribution in [-0.2, 0) is 9.53 Å². The lowest BCUT2D eigenvalue weighted by molar-refractivity contribution is -0.161. The summed E-state index contributed by atoms with van der Waals surface area (Å²) in [6.07, 6.45) is 2.04. The van der Waals surface area contributed by atoms with E-state index >= 15 is 0 Å². The highest BCUT2D eigenvalue weighted by Gasteiger charge is 2.31. The lowest BCUT2D eigenvalue weighted by atomic mass is 9.87. The Morgan fingerprint density at radius 3 is 2.12 bits per heavy atom. The molecule has 0 spiro atoms. The molecule has 0 aromatic heterocycles. The van der Waals surface area contributed by atoms with Gasteiger partial charge in [0, 0.05) is 0 Å². The third kappa shape index (κ3) is 4.97. The molecule has 142 valence electrons. The first-order valence-electron chi connectivity index (χ1n) is 8.57. The molecule has 0 unspecified atom stereocenters. The molecule has 1 aliphatic carbocycles. The van der Waals surface area contributed by atoms with Crippen LogP contribution < -0.4 is 4.74 Å². The van der Waals surface area contributed by atoms with Gasteiger partial charge in [-0.25, -0.2) is 9.59 Å². The van der Waals surface area contributed by atoms with Crippen molar-refractivity contribution in [1.29, 1.82) is 0 Å². The molecule has 1 aromatic carbocycles. The fraction of sp³-hybridized carbons (Fsp3) is 0.526. The zero-order valence-electron chi connectivity index (χ0n) is 15.2. The lowest BCUT2D eigenvalue weighted by Crippen LogP contribution is -2.33. The van der Waals surface area contributed by atoms with E-state index in [1.54, 1.807) is 0 Å². The molecule has 0 atom stereocenters. The molecule has 26 heavy (non-hydrogen) atoms. The first-order valence-corrected chi connectivity index (χ1v) is 8.57. The SMILES string of the molecule is CC(C)(C)OC(=O)C1CCC(Oc2cccc(C(=O)O)c2C(=O)O)CC1. The molecule has 1 aliphatic rings. The van der Waals surface area contributed by atoms with Gasteiger partial charge in [0.2, 0.25) is 0 Å². The van der Waals surface area contributed by atoms with Crippen LogP contribution in [0.5, 0.6) is 5.75 Å². The summed E-state index contributed by atoms with van der Waals surface area (Å²) in [6, 6.07) is 4.14. The van der Waals surface area contributed by atoms with Crippen LogP contribution in [0.15, 0.2) is 18.2 Å². The minimum absolute atomic E-state index is 0.0399.